The van der Waals surface area contributed by atoms with Gasteiger partial charge in [-0.3, -0.25) is 10.1 Å². The van der Waals surface area contributed by atoms with Crippen LogP contribution in [0.2, 0.25) is 0 Å². The molecule has 14 heavy (non-hydrogen) atoms. The average molecular weight is 279 g/mol. The third-order valence-electron chi connectivity index (χ3n) is 1.75. The number of nitro benzene ring substituents is 1. The Morgan fingerprint density at radius 2 is 2.29 bits per heavy atom. The summed E-state index contributed by atoms with van der Waals surface area (Å²) in [4.78, 5) is 10.0. The lowest BCUT2D eigenvalue weighted by Crippen LogP contribution is -1.98. The molecule has 1 aromatic rings. The van der Waals surface area contributed by atoms with Crippen LogP contribution in [0.25, 0.3) is 0 Å². The molecule has 0 bridgehead atoms. The highest BCUT2D eigenvalue weighted by molar-refractivity contribution is 9.10. The van der Waals surface area contributed by atoms with Gasteiger partial charge < -0.3 is 0 Å². The van der Waals surface area contributed by atoms with E-state index in [2.05, 4.69) is 15.9 Å². The summed E-state index contributed by atoms with van der Waals surface area (Å²) in [6, 6.07) is 4.70. The number of halogens is 2. The van der Waals surface area contributed by atoms with Crippen LogP contribution in [0.1, 0.15) is 12.5 Å². The molecular formula is C9H9BrClNO2. The first-order chi connectivity index (χ1) is 6.50. The quantitative estimate of drug-likeness (QED) is 0.482. The van der Waals surface area contributed by atoms with Crippen molar-refractivity contribution in [3.8, 4) is 0 Å². The van der Waals surface area contributed by atoms with E-state index in [-0.39, 0.29) is 11.1 Å². The number of nitro groups is 1. The molecule has 5 heteroatoms. The first-order valence-electron chi connectivity index (χ1n) is 4.07. The molecule has 0 aliphatic carbocycles. The molecule has 0 N–H and O–H groups in total. The molecule has 0 aliphatic rings. The van der Waals surface area contributed by atoms with Gasteiger partial charge in [-0.15, -0.1) is 11.6 Å². The Bertz CT molecular complexity index is 355. The summed E-state index contributed by atoms with van der Waals surface area (Å²) >= 11 is 9.11. The summed E-state index contributed by atoms with van der Waals surface area (Å²) in [5, 5.41) is 10.5. The van der Waals surface area contributed by atoms with E-state index in [1.54, 1.807) is 6.07 Å². The minimum atomic E-state index is -0.418. The van der Waals surface area contributed by atoms with E-state index in [9.17, 15) is 10.1 Å². The Morgan fingerprint density at radius 3 is 2.71 bits per heavy atom. The van der Waals surface area contributed by atoms with E-state index in [1.165, 1.54) is 12.1 Å². The Hall–Kier alpha value is -0.610. The van der Waals surface area contributed by atoms with Crippen molar-refractivity contribution < 1.29 is 4.92 Å². The fourth-order valence-electron chi connectivity index (χ4n) is 1.12. The maximum Gasteiger partial charge on any atom is 0.270 e. The standard InChI is InChI=1S/C9H9BrClNO2/c1-6(11)4-7-2-3-8(12(13)14)5-9(7)10/h2-3,5-6H,4H2,1H3. The highest BCUT2D eigenvalue weighted by Gasteiger charge is 2.10. The second kappa shape index (κ2) is 4.75. The van der Waals surface area contributed by atoms with Gasteiger partial charge in [0, 0.05) is 22.0 Å². The van der Waals surface area contributed by atoms with Crippen molar-refractivity contribution in [2.45, 2.75) is 18.7 Å². The monoisotopic (exact) mass is 277 g/mol. The highest BCUT2D eigenvalue weighted by atomic mass is 79.9. The Labute approximate surface area is 95.4 Å². The van der Waals surface area contributed by atoms with Crippen molar-refractivity contribution in [3.05, 3.63) is 38.3 Å². The zero-order valence-corrected chi connectivity index (χ0v) is 9.88. The zero-order valence-electron chi connectivity index (χ0n) is 7.54. The lowest BCUT2D eigenvalue weighted by atomic mass is 10.1. The predicted molar refractivity (Wildman–Crippen MR) is 59.8 cm³/mol. The van der Waals surface area contributed by atoms with Crippen molar-refractivity contribution in [2.75, 3.05) is 0 Å². The molecule has 0 saturated heterocycles. The maximum atomic E-state index is 10.4. The van der Waals surface area contributed by atoms with Crippen LogP contribution in [-0.2, 0) is 6.42 Å². The summed E-state index contributed by atoms with van der Waals surface area (Å²) in [6.07, 6.45) is 0.695. The fourth-order valence-corrected chi connectivity index (χ4v) is 1.81. The van der Waals surface area contributed by atoms with Gasteiger partial charge in [-0.05, 0) is 18.9 Å². The van der Waals surface area contributed by atoms with E-state index in [4.69, 9.17) is 11.6 Å². The second-order valence-corrected chi connectivity index (χ2v) is 4.62. The molecule has 1 unspecified atom stereocenters. The van der Waals surface area contributed by atoms with Crippen molar-refractivity contribution in [1.29, 1.82) is 0 Å². The first kappa shape index (κ1) is 11.5. The van der Waals surface area contributed by atoms with Crippen molar-refractivity contribution in [3.63, 3.8) is 0 Å². The molecular weight excluding hydrogens is 269 g/mol. The molecule has 1 rings (SSSR count). The molecule has 1 aromatic carbocycles. The summed E-state index contributed by atoms with van der Waals surface area (Å²) in [7, 11) is 0. The van der Waals surface area contributed by atoms with Gasteiger partial charge in [0.1, 0.15) is 0 Å². The smallest absolute Gasteiger partial charge is 0.258 e. The van der Waals surface area contributed by atoms with Crippen LogP contribution in [0, 0.1) is 10.1 Å². The van der Waals surface area contributed by atoms with Gasteiger partial charge >= 0.3 is 0 Å². The van der Waals surface area contributed by atoms with Crippen molar-refractivity contribution in [1.82, 2.24) is 0 Å². The number of rotatable bonds is 3. The highest BCUT2D eigenvalue weighted by Crippen LogP contribution is 2.24. The van der Waals surface area contributed by atoms with Crippen LogP contribution in [0.4, 0.5) is 5.69 Å². The Balaban J connectivity index is 2.95. The van der Waals surface area contributed by atoms with Gasteiger partial charge in [-0.2, -0.15) is 0 Å². The zero-order chi connectivity index (χ0) is 10.7. The van der Waals surface area contributed by atoms with E-state index in [0.717, 1.165) is 10.0 Å². The molecule has 0 radical (unpaired) electrons. The van der Waals surface area contributed by atoms with Crippen LogP contribution >= 0.6 is 27.5 Å². The van der Waals surface area contributed by atoms with Gasteiger partial charge in [0.05, 0.1) is 4.92 Å². The number of hydrogen-bond donors (Lipinski definition) is 0. The number of alkyl halides is 1. The molecule has 0 heterocycles. The molecule has 0 fully saturated rings. The lowest BCUT2D eigenvalue weighted by Gasteiger charge is -2.05. The Kier molecular flexibility index (Phi) is 3.89. The third kappa shape index (κ3) is 2.96. The van der Waals surface area contributed by atoms with Crippen LogP contribution in [0.3, 0.4) is 0 Å². The van der Waals surface area contributed by atoms with Crippen LogP contribution in [0.15, 0.2) is 22.7 Å². The summed E-state index contributed by atoms with van der Waals surface area (Å²) in [6.45, 7) is 1.88. The molecule has 0 spiro atoms. The molecule has 0 amide bonds. The normalized spacial score (nSPS) is 12.5. The minimum Gasteiger partial charge on any atom is -0.258 e. The van der Waals surface area contributed by atoms with Crippen molar-refractivity contribution in [2.24, 2.45) is 0 Å². The molecule has 76 valence electrons. The van der Waals surface area contributed by atoms with E-state index < -0.39 is 4.92 Å². The van der Waals surface area contributed by atoms with Gasteiger partial charge in [-0.25, -0.2) is 0 Å². The largest absolute Gasteiger partial charge is 0.270 e. The summed E-state index contributed by atoms with van der Waals surface area (Å²) < 4.78 is 0.735. The lowest BCUT2D eigenvalue weighted by molar-refractivity contribution is -0.384. The molecule has 3 nitrogen and oxygen atoms in total. The number of hydrogen-bond acceptors (Lipinski definition) is 2. The maximum absolute atomic E-state index is 10.4. The average Bonchev–Trinajstić information content (AvgIpc) is 2.07. The summed E-state index contributed by atoms with van der Waals surface area (Å²) in [5.41, 5.74) is 1.07. The molecule has 0 saturated carbocycles. The third-order valence-corrected chi connectivity index (χ3v) is 2.64. The van der Waals surface area contributed by atoms with Gasteiger partial charge in [0.2, 0.25) is 0 Å². The topological polar surface area (TPSA) is 43.1 Å². The number of non-ortho nitro benzene ring substituents is 1. The Morgan fingerprint density at radius 1 is 1.64 bits per heavy atom. The van der Waals surface area contributed by atoms with Crippen LogP contribution in [0.5, 0.6) is 0 Å². The van der Waals surface area contributed by atoms with Crippen LogP contribution in [-0.4, -0.2) is 10.3 Å². The second-order valence-electron chi connectivity index (χ2n) is 3.02. The summed E-state index contributed by atoms with van der Waals surface area (Å²) in [5.74, 6) is 0. The molecule has 1 atom stereocenters. The van der Waals surface area contributed by atoms with E-state index in [1.807, 2.05) is 6.92 Å². The number of benzene rings is 1. The predicted octanol–water partition coefficient (Wildman–Crippen LogP) is 3.53. The molecule has 0 aliphatic heterocycles. The SMILES string of the molecule is CC(Cl)Cc1ccc([N+](=O)[O-])cc1Br. The van der Waals surface area contributed by atoms with Gasteiger partial charge in [0.25, 0.3) is 5.69 Å². The first-order valence-corrected chi connectivity index (χ1v) is 5.30. The fraction of sp³-hybridized carbons (Fsp3) is 0.333. The van der Waals surface area contributed by atoms with Crippen molar-refractivity contribution >= 4 is 33.2 Å². The number of nitrogens with zero attached hydrogens (tertiary/aromatic N) is 1. The minimum absolute atomic E-state index is 0.0211. The van der Waals surface area contributed by atoms with Gasteiger partial charge in [-0.1, -0.05) is 22.0 Å². The molecule has 0 aromatic heterocycles. The van der Waals surface area contributed by atoms with Gasteiger partial charge in [0.15, 0.2) is 0 Å². The van der Waals surface area contributed by atoms with E-state index >= 15 is 0 Å². The van der Waals surface area contributed by atoms with E-state index in [0.29, 0.717) is 6.42 Å². The van der Waals surface area contributed by atoms with Crippen LogP contribution < -0.4 is 0 Å².